The molecule has 1 fully saturated rings. The van der Waals surface area contributed by atoms with Crippen molar-refractivity contribution in [2.75, 3.05) is 25.0 Å². The number of nitrogens with one attached hydrogen (secondary N) is 2. The van der Waals surface area contributed by atoms with Crippen molar-refractivity contribution in [3.63, 3.8) is 0 Å². The van der Waals surface area contributed by atoms with Crippen LogP contribution in [0.15, 0.2) is 39.8 Å². The van der Waals surface area contributed by atoms with Gasteiger partial charge in [0, 0.05) is 37.9 Å². The predicted octanol–water partition coefficient (Wildman–Crippen LogP) is 3.79. The lowest BCUT2D eigenvalue weighted by Gasteiger charge is -2.35. The molecule has 1 saturated heterocycles. The minimum atomic E-state index is -2.81. The van der Waals surface area contributed by atoms with Crippen LogP contribution in [0.25, 0.3) is 0 Å². The Hall–Kier alpha value is -2.11. The van der Waals surface area contributed by atoms with Gasteiger partial charge in [-0.15, -0.1) is 24.0 Å². The molecule has 0 radical (unpaired) electrons. The van der Waals surface area contributed by atoms with Gasteiger partial charge in [-0.1, -0.05) is 12.1 Å². The summed E-state index contributed by atoms with van der Waals surface area (Å²) in [6, 6.07) is 8.91. The van der Waals surface area contributed by atoms with E-state index in [0.717, 1.165) is 49.5 Å². The number of rotatable bonds is 7. The number of hydrogen-bond donors (Lipinski definition) is 2. The third-order valence-electron chi connectivity index (χ3n) is 4.81. The molecule has 7 nitrogen and oxygen atoms in total. The molecule has 30 heavy (non-hydrogen) atoms. The highest BCUT2D eigenvalue weighted by Crippen LogP contribution is 2.23. The summed E-state index contributed by atoms with van der Waals surface area (Å²) in [5.74, 6) is 1.63. The van der Waals surface area contributed by atoms with Crippen molar-refractivity contribution in [3.05, 3.63) is 41.8 Å². The van der Waals surface area contributed by atoms with E-state index in [1.165, 1.54) is 0 Å². The number of aliphatic imine (C=N–C) groups is 1. The zero-order chi connectivity index (χ0) is 20.6. The van der Waals surface area contributed by atoms with Gasteiger partial charge in [0.05, 0.1) is 12.2 Å². The summed E-state index contributed by atoms with van der Waals surface area (Å²) in [6.07, 6.45) is 2.88. The van der Waals surface area contributed by atoms with Crippen molar-refractivity contribution in [3.8, 4) is 5.75 Å². The standard InChI is InChI=1S/C20H27F2N5O2.HI/c1-3-14-11-18(29-26-14)12-24-20(23-2)25-15-5-4-10-27(13-15)16-6-8-17(9-7-16)28-19(21)22;/h6-9,11,15,19H,3-5,10,12-13H2,1-2H3,(H2,23,24,25);1H. The van der Waals surface area contributed by atoms with E-state index in [4.69, 9.17) is 4.52 Å². The van der Waals surface area contributed by atoms with Crippen LogP contribution < -0.4 is 20.3 Å². The van der Waals surface area contributed by atoms with Crippen LogP contribution in [-0.2, 0) is 13.0 Å². The predicted molar refractivity (Wildman–Crippen MR) is 123 cm³/mol. The summed E-state index contributed by atoms with van der Waals surface area (Å²) < 4.78 is 34.3. The highest BCUT2D eigenvalue weighted by atomic mass is 127. The van der Waals surface area contributed by atoms with Crippen LogP contribution >= 0.6 is 24.0 Å². The molecule has 1 aliphatic rings. The van der Waals surface area contributed by atoms with Gasteiger partial charge in [0.2, 0.25) is 0 Å². The van der Waals surface area contributed by atoms with E-state index in [9.17, 15) is 8.78 Å². The van der Waals surface area contributed by atoms with E-state index >= 15 is 0 Å². The van der Waals surface area contributed by atoms with Gasteiger partial charge in [-0.05, 0) is 43.5 Å². The molecule has 10 heteroatoms. The van der Waals surface area contributed by atoms with Gasteiger partial charge < -0.3 is 24.8 Å². The second kappa shape index (κ2) is 11.9. The molecule has 0 spiro atoms. The molecule has 1 aromatic carbocycles. The Bertz CT molecular complexity index is 801. The third kappa shape index (κ3) is 6.99. The fraction of sp³-hybridized carbons (Fsp3) is 0.500. The summed E-state index contributed by atoms with van der Waals surface area (Å²) >= 11 is 0. The van der Waals surface area contributed by atoms with Crippen molar-refractivity contribution in [1.82, 2.24) is 15.8 Å². The van der Waals surface area contributed by atoms with E-state index in [2.05, 4.69) is 30.4 Å². The zero-order valence-corrected chi connectivity index (χ0v) is 19.4. The third-order valence-corrected chi connectivity index (χ3v) is 4.81. The Balaban J connectivity index is 0.00000320. The van der Waals surface area contributed by atoms with Crippen LogP contribution in [0.4, 0.5) is 14.5 Å². The van der Waals surface area contributed by atoms with Gasteiger partial charge in [-0.2, -0.15) is 8.78 Å². The molecule has 166 valence electrons. The maximum atomic E-state index is 12.3. The zero-order valence-electron chi connectivity index (χ0n) is 17.1. The molecule has 2 N–H and O–H groups in total. The van der Waals surface area contributed by atoms with Crippen molar-refractivity contribution in [2.45, 2.75) is 45.4 Å². The molecule has 0 amide bonds. The highest BCUT2D eigenvalue weighted by molar-refractivity contribution is 14.0. The van der Waals surface area contributed by atoms with Gasteiger partial charge >= 0.3 is 6.61 Å². The van der Waals surface area contributed by atoms with Crippen molar-refractivity contribution < 1.29 is 18.0 Å². The second-order valence-corrected chi connectivity index (χ2v) is 6.87. The first kappa shape index (κ1) is 24.2. The number of nitrogens with zero attached hydrogens (tertiary/aromatic N) is 3. The number of aryl methyl sites for hydroxylation is 1. The number of benzene rings is 1. The molecule has 2 heterocycles. The Kier molecular flexibility index (Phi) is 9.60. The summed E-state index contributed by atoms with van der Waals surface area (Å²) in [4.78, 5) is 6.51. The number of ether oxygens (including phenoxy) is 1. The maximum Gasteiger partial charge on any atom is 0.387 e. The van der Waals surface area contributed by atoms with Crippen LogP contribution in [0.2, 0.25) is 0 Å². The van der Waals surface area contributed by atoms with E-state index < -0.39 is 6.61 Å². The van der Waals surface area contributed by atoms with Crippen LogP contribution in [-0.4, -0.2) is 43.9 Å². The van der Waals surface area contributed by atoms with Crippen molar-refractivity contribution >= 4 is 35.6 Å². The summed E-state index contributed by atoms with van der Waals surface area (Å²) in [5, 5.41) is 10.7. The van der Waals surface area contributed by atoms with E-state index in [-0.39, 0.29) is 35.8 Å². The van der Waals surface area contributed by atoms with Gasteiger partial charge in [0.15, 0.2) is 11.7 Å². The number of aromatic nitrogens is 1. The average molecular weight is 535 g/mol. The lowest BCUT2D eigenvalue weighted by molar-refractivity contribution is -0.0498. The lowest BCUT2D eigenvalue weighted by Crippen LogP contribution is -2.51. The topological polar surface area (TPSA) is 74.9 Å². The summed E-state index contributed by atoms with van der Waals surface area (Å²) in [7, 11) is 1.73. The molecule has 1 aromatic heterocycles. The summed E-state index contributed by atoms with van der Waals surface area (Å²) in [5.41, 5.74) is 1.91. The smallest absolute Gasteiger partial charge is 0.387 e. The fourth-order valence-electron chi connectivity index (χ4n) is 3.33. The van der Waals surface area contributed by atoms with Crippen molar-refractivity contribution in [1.29, 1.82) is 0 Å². The number of anilines is 1. The van der Waals surface area contributed by atoms with E-state index in [1.807, 2.05) is 25.1 Å². The first-order valence-electron chi connectivity index (χ1n) is 9.79. The van der Waals surface area contributed by atoms with E-state index in [0.29, 0.717) is 12.5 Å². The SMILES string of the molecule is CCc1cc(CNC(=NC)NC2CCCN(c3ccc(OC(F)F)cc3)C2)on1.I. The van der Waals surface area contributed by atoms with E-state index in [1.54, 1.807) is 19.2 Å². The first-order chi connectivity index (χ1) is 14.1. The Labute approximate surface area is 192 Å². The minimum Gasteiger partial charge on any atom is -0.435 e. The minimum absolute atomic E-state index is 0. The largest absolute Gasteiger partial charge is 0.435 e. The molecule has 0 saturated carbocycles. The van der Waals surface area contributed by atoms with Gasteiger partial charge in [0.25, 0.3) is 0 Å². The first-order valence-corrected chi connectivity index (χ1v) is 9.79. The van der Waals surface area contributed by atoms with Gasteiger partial charge in [0.1, 0.15) is 5.75 Å². The molecular weight excluding hydrogens is 507 g/mol. The van der Waals surface area contributed by atoms with Gasteiger partial charge in [-0.3, -0.25) is 4.99 Å². The molecular formula is C20H28F2IN5O2. The molecule has 0 bridgehead atoms. The van der Waals surface area contributed by atoms with Crippen LogP contribution in [0.5, 0.6) is 5.75 Å². The lowest BCUT2D eigenvalue weighted by atomic mass is 10.0. The molecule has 3 rings (SSSR count). The summed E-state index contributed by atoms with van der Waals surface area (Å²) in [6.45, 7) is 1.43. The molecule has 1 aliphatic heterocycles. The Morgan fingerprint density at radius 2 is 2.13 bits per heavy atom. The highest BCUT2D eigenvalue weighted by Gasteiger charge is 2.21. The van der Waals surface area contributed by atoms with Crippen LogP contribution in [0.3, 0.4) is 0 Å². The maximum absolute atomic E-state index is 12.3. The fourth-order valence-corrected chi connectivity index (χ4v) is 3.33. The number of halogens is 3. The van der Waals surface area contributed by atoms with Crippen LogP contribution in [0, 0.1) is 0 Å². The second-order valence-electron chi connectivity index (χ2n) is 6.87. The molecule has 0 aliphatic carbocycles. The van der Waals surface area contributed by atoms with Crippen molar-refractivity contribution in [2.24, 2.45) is 4.99 Å². The Morgan fingerprint density at radius 1 is 1.37 bits per heavy atom. The Morgan fingerprint density at radius 3 is 2.77 bits per heavy atom. The average Bonchev–Trinajstić information content (AvgIpc) is 3.19. The number of alkyl halides is 2. The number of hydrogen-bond acceptors (Lipinski definition) is 5. The monoisotopic (exact) mass is 535 g/mol. The van der Waals surface area contributed by atoms with Gasteiger partial charge in [-0.25, -0.2) is 0 Å². The van der Waals surface area contributed by atoms with Crippen LogP contribution in [0.1, 0.15) is 31.2 Å². The number of piperidine rings is 1. The molecule has 1 atom stereocenters. The number of guanidine groups is 1. The molecule has 1 unspecified atom stereocenters. The molecule has 2 aromatic rings. The quantitative estimate of drug-likeness (QED) is 0.320. The normalized spacial score (nSPS) is 16.9.